The Hall–Kier alpha value is -4.34. The number of pyridine rings is 2. The fourth-order valence-corrected chi connectivity index (χ4v) is 3.29. The third kappa shape index (κ3) is 4.10. The van der Waals surface area contributed by atoms with Crippen LogP contribution in [0.2, 0.25) is 0 Å². The van der Waals surface area contributed by atoms with Gasteiger partial charge in [-0.2, -0.15) is 0 Å². The molecule has 0 aliphatic carbocycles. The van der Waals surface area contributed by atoms with Crippen molar-refractivity contribution in [1.82, 2.24) is 24.5 Å². The number of nitrogens with zero attached hydrogens (tertiary/aromatic N) is 5. The molecule has 0 fully saturated rings. The molecule has 0 spiro atoms. The second-order valence-corrected chi connectivity index (χ2v) is 7.03. The number of hydrogen-bond acceptors (Lipinski definition) is 9. The molecule has 10 nitrogen and oxygen atoms in total. The number of aryl methyl sites for hydroxylation is 2. The molecule has 10 heteroatoms. The van der Waals surface area contributed by atoms with Gasteiger partial charge in [0.2, 0.25) is 11.4 Å². The second-order valence-electron chi connectivity index (χ2n) is 7.03. The lowest BCUT2D eigenvalue weighted by Crippen LogP contribution is -2.15. The number of anilines is 2. The van der Waals surface area contributed by atoms with Crippen molar-refractivity contribution in [2.24, 2.45) is 7.05 Å². The monoisotopic (exact) mass is 431 g/mol. The molecule has 4 rings (SSSR count). The van der Waals surface area contributed by atoms with Crippen molar-refractivity contribution in [3.05, 3.63) is 70.9 Å². The first kappa shape index (κ1) is 20.9. The molecule has 0 aromatic carbocycles. The van der Waals surface area contributed by atoms with Gasteiger partial charge in [0.15, 0.2) is 17.3 Å². The number of rotatable bonds is 7. The van der Waals surface area contributed by atoms with Gasteiger partial charge in [0.05, 0.1) is 17.6 Å². The highest BCUT2D eigenvalue weighted by molar-refractivity contribution is 5.99. The lowest BCUT2D eigenvalue weighted by Gasteiger charge is -2.12. The summed E-state index contributed by atoms with van der Waals surface area (Å²) in [6.45, 7) is 0. The Bertz CT molecular complexity index is 1330. The van der Waals surface area contributed by atoms with E-state index in [-0.39, 0.29) is 40.9 Å². The van der Waals surface area contributed by atoms with Crippen LogP contribution in [-0.2, 0) is 13.5 Å². The van der Waals surface area contributed by atoms with E-state index in [1.807, 2.05) is 12.1 Å². The van der Waals surface area contributed by atoms with Gasteiger partial charge in [-0.1, -0.05) is 0 Å². The molecule has 0 aliphatic rings. The highest BCUT2D eigenvalue weighted by atomic mass is 16.3. The minimum absolute atomic E-state index is 0.0216. The number of oxazole rings is 1. The average molecular weight is 431 g/mol. The Balaban J connectivity index is 1.73. The van der Waals surface area contributed by atoms with Crippen LogP contribution in [0.5, 0.6) is 0 Å². The van der Waals surface area contributed by atoms with E-state index in [1.54, 1.807) is 32.6 Å². The van der Waals surface area contributed by atoms with E-state index < -0.39 is 0 Å². The Morgan fingerprint density at radius 3 is 2.72 bits per heavy atom. The molecule has 162 valence electrons. The molecule has 0 atom stereocenters. The van der Waals surface area contributed by atoms with E-state index in [4.69, 9.17) is 10.2 Å². The van der Waals surface area contributed by atoms with Gasteiger partial charge < -0.3 is 20.0 Å². The zero-order valence-electron chi connectivity index (χ0n) is 17.6. The quantitative estimate of drug-likeness (QED) is 0.422. The van der Waals surface area contributed by atoms with Crippen molar-refractivity contribution >= 4 is 17.3 Å². The van der Waals surface area contributed by atoms with E-state index in [0.717, 1.165) is 11.4 Å². The average Bonchev–Trinajstić information content (AvgIpc) is 3.34. The van der Waals surface area contributed by atoms with Gasteiger partial charge >= 0.3 is 0 Å². The van der Waals surface area contributed by atoms with Crippen LogP contribution in [0.3, 0.4) is 0 Å². The van der Waals surface area contributed by atoms with Crippen molar-refractivity contribution in [2.75, 3.05) is 18.1 Å². The maximum atomic E-state index is 13.0. The minimum Gasteiger partial charge on any atom is -0.443 e. The number of ketones is 1. The van der Waals surface area contributed by atoms with Crippen LogP contribution < -0.4 is 16.6 Å². The first-order chi connectivity index (χ1) is 15.5. The molecule has 0 unspecified atom stereocenters. The summed E-state index contributed by atoms with van der Waals surface area (Å²) in [7, 11) is 3.42. The number of carbonyl (C=O) groups is 1. The zero-order valence-corrected chi connectivity index (χ0v) is 17.6. The molecule has 0 saturated carbocycles. The zero-order chi connectivity index (χ0) is 22.7. The topological polar surface area (TPSA) is 142 Å². The highest BCUT2D eigenvalue weighted by Gasteiger charge is 2.22. The second kappa shape index (κ2) is 8.80. The van der Waals surface area contributed by atoms with E-state index in [2.05, 4.69) is 25.3 Å². The maximum Gasteiger partial charge on any atom is 0.250 e. The summed E-state index contributed by atoms with van der Waals surface area (Å²) < 4.78 is 6.80. The summed E-state index contributed by atoms with van der Waals surface area (Å²) >= 11 is 0. The van der Waals surface area contributed by atoms with Gasteiger partial charge in [-0.15, -0.1) is 0 Å². The molecule has 0 radical (unpaired) electrons. The molecule has 0 bridgehead atoms. The number of nitrogens with two attached hydrogens (primary N) is 1. The SMILES string of the molecule is CNc1cccnc1CCC(=O)c1nc(-c2ccc(=O)n(C)c2)c(-c2ncco2)nc1N. The Kier molecular flexibility index (Phi) is 5.75. The maximum absolute atomic E-state index is 13.0. The summed E-state index contributed by atoms with van der Waals surface area (Å²) in [5, 5.41) is 3.06. The van der Waals surface area contributed by atoms with Gasteiger partial charge in [0.1, 0.15) is 17.7 Å². The van der Waals surface area contributed by atoms with E-state index in [0.29, 0.717) is 17.7 Å². The molecule has 4 heterocycles. The van der Waals surface area contributed by atoms with Crippen molar-refractivity contribution < 1.29 is 9.21 Å². The minimum atomic E-state index is -0.271. The van der Waals surface area contributed by atoms with Crippen LogP contribution in [0.25, 0.3) is 22.8 Å². The predicted molar refractivity (Wildman–Crippen MR) is 119 cm³/mol. The van der Waals surface area contributed by atoms with Crippen LogP contribution in [0.1, 0.15) is 22.6 Å². The number of aromatic nitrogens is 5. The molecular formula is C22H21N7O3. The van der Waals surface area contributed by atoms with Gasteiger partial charge in [0.25, 0.3) is 0 Å². The molecule has 32 heavy (non-hydrogen) atoms. The Morgan fingerprint density at radius 2 is 2.00 bits per heavy atom. The number of carbonyl (C=O) groups excluding carboxylic acids is 1. The fourth-order valence-electron chi connectivity index (χ4n) is 3.29. The molecule has 3 N–H and O–H groups in total. The Labute approximate surface area is 183 Å². The van der Waals surface area contributed by atoms with Gasteiger partial charge in [-0.3, -0.25) is 14.6 Å². The summed E-state index contributed by atoms with van der Waals surface area (Å²) in [6, 6.07) is 6.73. The van der Waals surface area contributed by atoms with Crippen LogP contribution in [-0.4, -0.2) is 37.3 Å². The molecular weight excluding hydrogens is 410 g/mol. The summed E-state index contributed by atoms with van der Waals surface area (Å²) in [5.74, 6) is -0.0847. The van der Waals surface area contributed by atoms with Gasteiger partial charge in [0, 0.05) is 44.5 Å². The van der Waals surface area contributed by atoms with Crippen molar-refractivity contribution in [2.45, 2.75) is 12.8 Å². The molecule has 4 aromatic rings. The fraction of sp³-hybridized carbons (Fsp3) is 0.182. The largest absolute Gasteiger partial charge is 0.443 e. The van der Waals surface area contributed by atoms with Crippen molar-refractivity contribution in [1.29, 1.82) is 0 Å². The normalized spacial score (nSPS) is 10.8. The lowest BCUT2D eigenvalue weighted by molar-refractivity contribution is 0.0978. The van der Waals surface area contributed by atoms with Crippen LogP contribution in [0.15, 0.2) is 58.3 Å². The number of Topliss-reactive ketones (excluding diaryl/α,β-unsaturated/α-hetero) is 1. The van der Waals surface area contributed by atoms with Crippen LogP contribution >= 0.6 is 0 Å². The molecule has 0 saturated heterocycles. The summed E-state index contributed by atoms with van der Waals surface area (Å²) in [4.78, 5) is 42.2. The predicted octanol–water partition coefficient (Wildman–Crippen LogP) is 2.33. The number of nitrogen functional groups attached to an aromatic ring is 1. The van der Waals surface area contributed by atoms with Crippen LogP contribution in [0.4, 0.5) is 11.5 Å². The van der Waals surface area contributed by atoms with Crippen molar-refractivity contribution in [3.8, 4) is 22.8 Å². The van der Waals surface area contributed by atoms with E-state index in [1.165, 1.54) is 23.1 Å². The van der Waals surface area contributed by atoms with Crippen molar-refractivity contribution in [3.63, 3.8) is 0 Å². The molecule has 0 aliphatic heterocycles. The number of hydrogen-bond donors (Lipinski definition) is 2. The van der Waals surface area contributed by atoms with Crippen LogP contribution in [0, 0.1) is 0 Å². The molecule has 0 amide bonds. The highest BCUT2D eigenvalue weighted by Crippen LogP contribution is 2.30. The Morgan fingerprint density at radius 1 is 1.16 bits per heavy atom. The van der Waals surface area contributed by atoms with E-state index in [9.17, 15) is 9.59 Å². The standard InChI is InChI=1S/C22H21N7O3/c1-24-14-4-3-9-25-15(14)6-7-16(30)19-21(23)28-20(22-26-10-11-32-22)18(27-19)13-5-8-17(31)29(2)12-13/h3-5,8-12,24H,6-7H2,1-2H3,(H2,23,28). The van der Waals surface area contributed by atoms with Gasteiger partial charge in [-0.05, 0) is 24.6 Å². The summed E-state index contributed by atoms with van der Waals surface area (Å²) in [5.41, 5.74) is 8.79. The lowest BCUT2D eigenvalue weighted by atomic mass is 10.1. The van der Waals surface area contributed by atoms with Gasteiger partial charge in [-0.25, -0.2) is 15.0 Å². The third-order valence-corrected chi connectivity index (χ3v) is 4.93. The summed E-state index contributed by atoms with van der Waals surface area (Å²) in [6.07, 6.45) is 6.73. The third-order valence-electron chi connectivity index (χ3n) is 4.93. The first-order valence-electron chi connectivity index (χ1n) is 9.87. The molecule has 4 aromatic heterocycles. The smallest absolute Gasteiger partial charge is 0.250 e. The first-order valence-corrected chi connectivity index (χ1v) is 9.87. The van der Waals surface area contributed by atoms with E-state index >= 15 is 0 Å². The number of nitrogens with one attached hydrogen (secondary N) is 1.